The third-order valence-corrected chi connectivity index (χ3v) is 3.29. The summed E-state index contributed by atoms with van der Waals surface area (Å²) in [5.41, 5.74) is 1.23. The zero-order valence-electron chi connectivity index (χ0n) is 13.1. The fourth-order valence-corrected chi connectivity index (χ4v) is 2.25. The number of carbonyl (C=O) groups is 1. The van der Waals surface area contributed by atoms with Gasteiger partial charge < -0.3 is 4.74 Å². The maximum atomic E-state index is 11.7. The van der Waals surface area contributed by atoms with Crippen molar-refractivity contribution >= 4 is 5.97 Å². The molecule has 0 N–H and O–H groups in total. The Balaban J connectivity index is 2.45. The molecule has 0 bridgehead atoms. The predicted octanol–water partition coefficient (Wildman–Crippen LogP) is 3.80. The smallest absolute Gasteiger partial charge is 0.320 e. The van der Waals surface area contributed by atoms with Crippen molar-refractivity contribution in [3.8, 4) is 0 Å². The molecule has 0 fully saturated rings. The molecule has 3 heteroatoms. The fraction of sp³-hybridized carbons (Fsp3) is 0.500. The Hall–Kier alpha value is -1.61. The van der Waals surface area contributed by atoms with Crippen molar-refractivity contribution in [3.63, 3.8) is 0 Å². The maximum absolute atomic E-state index is 11.7. The Morgan fingerprint density at radius 1 is 1.24 bits per heavy atom. The summed E-state index contributed by atoms with van der Waals surface area (Å²) in [6.45, 7) is 8.10. The van der Waals surface area contributed by atoms with Crippen LogP contribution < -0.4 is 0 Å². The highest BCUT2D eigenvalue weighted by atomic mass is 16.5. The molecule has 0 aromatic heterocycles. The minimum atomic E-state index is -0.139. The average molecular weight is 289 g/mol. The van der Waals surface area contributed by atoms with E-state index in [1.54, 1.807) is 0 Å². The summed E-state index contributed by atoms with van der Waals surface area (Å²) in [5, 5.41) is 0. The number of nitrogens with zero attached hydrogens (tertiary/aromatic N) is 1. The van der Waals surface area contributed by atoms with Crippen LogP contribution in [0.4, 0.5) is 0 Å². The molecule has 21 heavy (non-hydrogen) atoms. The second-order valence-electron chi connectivity index (χ2n) is 5.14. The lowest BCUT2D eigenvalue weighted by molar-refractivity contribution is -0.144. The SMILES string of the molecule is C=CCCCCCN(CC(=O)OCC)Cc1ccccc1. The van der Waals surface area contributed by atoms with Gasteiger partial charge in [-0.05, 0) is 38.3 Å². The minimum absolute atomic E-state index is 0.139. The molecule has 0 unspecified atom stereocenters. The van der Waals surface area contributed by atoms with E-state index in [9.17, 15) is 4.79 Å². The molecular weight excluding hydrogens is 262 g/mol. The van der Waals surface area contributed by atoms with Crippen molar-refractivity contribution < 1.29 is 9.53 Å². The summed E-state index contributed by atoms with van der Waals surface area (Å²) in [7, 11) is 0. The highest BCUT2D eigenvalue weighted by Crippen LogP contribution is 2.08. The molecule has 0 aliphatic carbocycles. The number of hydrogen-bond donors (Lipinski definition) is 0. The van der Waals surface area contributed by atoms with Gasteiger partial charge in [0.25, 0.3) is 0 Å². The Morgan fingerprint density at radius 3 is 2.67 bits per heavy atom. The molecule has 1 rings (SSSR count). The molecule has 0 atom stereocenters. The van der Waals surface area contributed by atoms with Crippen molar-refractivity contribution in [2.75, 3.05) is 19.7 Å². The molecule has 1 aromatic rings. The Bertz CT molecular complexity index is 403. The Morgan fingerprint density at radius 2 is 2.00 bits per heavy atom. The lowest BCUT2D eigenvalue weighted by Gasteiger charge is -2.21. The molecule has 116 valence electrons. The number of hydrogen-bond acceptors (Lipinski definition) is 3. The number of benzene rings is 1. The highest BCUT2D eigenvalue weighted by molar-refractivity contribution is 5.71. The van der Waals surface area contributed by atoms with Crippen LogP contribution in [0.5, 0.6) is 0 Å². The van der Waals surface area contributed by atoms with Gasteiger partial charge in [0.2, 0.25) is 0 Å². The zero-order valence-corrected chi connectivity index (χ0v) is 13.1. The van der Waals surface area contributed by atoms with Crippen LogP contribution >= 0.6 is 0 Å². The molecule has 0 heterocycles. The van der Waals surface area contributed by atoms with Crippen LogP contribution in [0.25, 0.3) is 0 Å². The molecule has 3 nitrogen and oxygen atoms in total. The Kier molecular flexibility index (Phi) is 9.21. The van der Waals surface area contributed by atoms with E-state index in [1.165, 1.54) is 18.4 Å². The highest BCUT2D eigenvalue weighted by Gasteiger charge is 2.11. The van der Waals surface area contributed by atoms with Gasteiger partial charge >= 0.3 is 5.97 Å². The number of esters is 1. The van der Waals surface area contributed by atoms with E-state index in [4.69, 9.17) is 4.74 Å². The van der Waals surface area contributed by atoms with Crippen LogP contribution in [0.1, 0.15) is 38.2 Å². The molecule has 0 saturated carbocycles. The number of allylic oxidation sites excluding steroid dienone is 1. The second kappa shape index (κ2) is 11.1. The van der Waals surface area contributed by atoms with E-state index >= 15 is 0 Å². The third-order valence-electron chi connectivity index (χ3n) is 3.29. The van der Waals surface area contributed by atoms with E-state index in [-0.39, 0.29) is 5.97 Å². The average Bonchev–Trinajstić information content (AvgIpc) is 2.48. The number of unbranched alkanes of at least 4 members (excludes halogenated alkanes) is 3. The molecular formula is C18H27NO2. The number of carbonyl (C=O) groups excluding carboxylic acids is 1. The van der Waals surface area contributed by atoms with Crippen LogP contribution in [0.15, 0.2) is 43.0 Å². The van der Waals surface area contributed by atoms with Gasteiger partial charge in [-0.2, -0.15) is 0 Å². The fourth-order valence-electron chi connectivity index (χ4n) is 2.25. The van der Waals surface area contributed by atoms with Crippen LogP contribution in [0, 0.1) is 0 Å². The van der Waals surface area contributed by atoms with E-state index < -0.39 is 0 Å². The summed E-state index contributed by atoms with van der Waals surface area (Å²) < 4.78 is 5.06. The molecule has 0 spiro atoms. The normalized spacial score (nSPS) is 10.6. The standard InChI is InChI=1S/C18H27NO2/c1-3-5-6-7-11-14-19(16-18(20)21-4-2)15-17-12-9-8-10-13-17/h3,8-10,12-13H,1,4-7,11,14-16H2,2H3. The molecule has 0 radical (unpaired) electrons. The van der Waals surface area contributed by atoms with Gasteiger partial charge in [0.05, 0.1) is 13.2 Å². The van der Waals surface area contributed by atoms with E-state index in [0.29, 0.717) is 13.2 Å². The third kappa shape index (κ3) is 8.30. The van der Waals surface area contributed by atoms with Gasteiger partial charge in [-0.15, -0.1) is 6.58 Å². The van der Waals surface area contributed by atoms with Gasteiger partial charge in [-0.25, -0.2) is 0 Å². The number of rotatable bonds is 11. The lowest BCUT2D eigenvalue weighted by Crippen LogP contribution is -2.31. The van der Waals surface area contributed by atoms with Crippen molar-refractivity contribution in [3.05, 3.63) is 48.6 Å². The predicted molar refractivity (Wildman–Crippen MR) is 87.0 cm³/mol. The van der Waals surface area contributed by atoms with Crippen LogP contribution in [-0.2, 0) is 16.1 Å². The first-order valence-electron chi connectivity index (χ1n) is 7.79. The van der Waals surface area contributed by atoms with Gasteiger partial charge in [-0.3, -0.25) is 9.69 Å². The summed E-state index contributed by atoms with van der Waals surface area (Å²) in [4.78, 5) is 13.9. The topological polar surface area (TPSA) is 29.5 Å². The van der Waals surface area contributed by atoms with Crippen LogP contribution in [0.3, 0.4) is 0 Å². The molecule has 0 aliphatic rings. The summed E-state index contributed by atoms with van der Waals surface area (Å²) in [5.74, 6) is -0.139. The van der Waals surface area contributed by atoms with E-state index in [1.807, 2.05) is 31.2 Å². The second-order valence-corrected chi connectivity index (χ2v) is 5.14. The van der Waals surface area contributed by atoms with Crippen molar-refractivity contribution in [2.45, 2.75) is 39.2 Å². The number of ether oxygens (including phenoxy) is 1. The summed E-state index contributed by atoms with van der Waals surface area (Å²) >= 11 is 0. The van der Waals surface area contributed by atoms with Gasteiger partial charge in [0, 0.05) is 6.54 Å². The monoisotopic (exact) mass is 289 g/mol. The summed E-state index contributed by atoms with van der Waals surface area (Å²) in [6, 6.07) is 10.3. The first kappa shape index (κ1) is 17.4. The summed E-state index contributed by atoms with van der Waals surface area (Å²) in [6.07, 6.45) is 6.46. The van der Waals surface area contributed by atoms with Crippen molar-refractivity contribution in [1.29, 1.82) is 0 Å². The van der Waals surface area contributed by atoms with Gasteiger partial charge in [0.1, 0.15) is 0 Å². The Labute approximate surface area is 128 Å². The first-order chi connectivity index (χ1) is 10.3. The van der Waals surface area contributed by atoms with E-state index in [0.717, 1.165) is 25.9 Å². The van der Waals surface area contributed by atoms with E-state index in [2.05, 4.69) is 23.6 Å². The molecule has 0 saturated heterocycles. The maximum Gasteiger partial charge on any atom is 0.320 e. The van der Waals surface area contributed by atoms with Gasteiger partial charge in [0.15, 0.2) is 0 Å². The minimum Gasteiger partial charge on any atom is -0.465 e. The van der Waals surface area contributed by atoms with Crippen molar-refractivity contribution in [1.82, 2.24) is 4.90 Å². The van der Waals surface area contributed by atoms with Crippen LogP contribution in [0.2, 0.25) is 0 Å². The van der Waals surface area contributed by atoms with Crippen molar-refractivity contribution in [2.24, 2.45) is 0 Å². The molecule has 0 amide bonds. The van der Waals surface area contributed by atoms with Gasteiger partial charge in [-0.1, -0.05) is 42.8 Å². The first-order valence-corrected chi connectivity index (χ1v) is 7.79. The molecule has 1 aromatic carbocycles. The quantitative estimate of drug-likeness (QED) is 0.352. The lowest BCUT2D eigenvalue weighted by atomic mass is 10.1. The molecule has 0 aliphatic heterocycles. The van der Waals surface area contributed by atoms with Crippen LogP contribution in [-0.4, -0.2) is 30.6 Å². The zero-order chi connectivity index (χ0) is 15.3. The largest absolute Gasteiger partial charge is 0.465 e.